The van der Waals surface area contributed by atoms with Crippen LogP contribution in [-0.4, -0.2) is 51.8 Å². The summed E-state index contributed by atoms with van der Waals surface area (Å²) >= 11 is 0. The van der Waals surface area contributed by atoms with Crippen LogP contribution in [0.3, 0.4) is 0 Å². The first-order valence-corrected chi connectivity index (χ1v) is 9.60. The molecule has 0 radical (unpaired) electrons. The lowest BCUT2D eigenvalue weighted by atomic mass is 10.1. The van der Waals surface area contributed by atoms with Crippen LogP contribution in [-0.2, 0) is 7.05 Å². The summed E-state index contributed by atoms with van der Waals surface area (Å²) in [5.74, 6) is -0.123. The van der Waals surface area contributed by atoms with E-state index in [0.29, 0.717) is 12.2 Å². The van der Waals surface area contributed by atoms with Crippen molar-refractivity contribution in [1.82, 2.24) is 25.0 Å². The predicted molar refractivity (Wildman–Crippen MR) is 107 cm³/mol. The van der Waals surface area contributed by atoms with Crippen molar-refractivity contribution >= 4 is 16.8 Å². The third-order valence-corrected chi connectivity index (χ3v) is 5.16. The summed E-state index contributed by atoms with van der Waals surface area (Å²) < 4.78 is 1.74. The quantitative estimate of drug-likeness (QED) is 0.757. The molecule has 0 unspecified atom stereocenters. The maximum Gasteiger partial charge on any atom is 0.271 e. The number of pyridine rings is 1. The van der Waals surface area contributed by atoms with Crippen LogP contribution in [0.25, 0.3) is 22.2 Å². The molecule has 0 bridgehead atoms. The van der Waals surface area contributed by atoms with Gasteiger partial charge in [0.25, 0.3) is 5.91 Å². The molecule has 1 saturated heterocycles. The Hall–Kier alpha value is -2.73. The van der Waals surface area contributed by atoms with Gasteiger partial charge in [-0.05, 0) is 44.1 Å². The van der Waals surface area contributed by atoms with Gasteiger partial charge in [-0.25, -0.2) is 0 Å². The standard InChI is InChI=1S/C21H25N5O/c1-25-20(17-13-16-7-3-4-8-18(16)23-15-17)14-19(24-25)21(27)22-9-12-26-10-5-2-6-11-26/h3-4,7-8,13-15H,2,5-6,9-12H2,1H3,(H,22,27). The molecule has 6 nitrogen and oxygen atoms in total. The Morgan fingerprint density at radius 1 is 1.15 bits per heavy atom. The van der Waals surface area contributed by atoms with E-state index < -0.39 is 0 Å². The molecule has 1 amide bonds. The molecule has 0 aliphatic carbocycles. The predicted octanol–water partition coefficient (Wildman–Crippen LogP) is 2.85. The Morgan fingerprint density at radius 3 is 2.81 bits per heavy atom. The molecule has 4 rings (SSSR count). The van der Waals surface area contributed by atoms with Crippen molar-refractivity contribution in [2.24, 2.45) is 7.05 Å². The summed E-state index contributed by atoms with van der Waals surface area (Å²) in [6.45, 7) is 3.83. The van der Waals surface area contributed by atoms with Crippen LogP contribution >= 0.6 is 0 Å². The van der Waals surface area contributed by atoms with Crippen molar-refractivity contribution in [2.75, 3.05) is 26.2 Å². The molecule has 0 saturated carbocycles. The number of carbonyl (C=O) groups is 1. The number of amides is 1. The van der Waals surface area contributed by atoms with E-state index in [0.717, 1.165) is 41.8 Å². The Balaban J connectivity index is 1.44. The number of piperidine rings is 1. The first-order chi connectivity index (χ1) is 13.2. The average molecular weight is 363 g/mol. The van der Waals surface area contributed by atoms with Gasteiger partial charge in [-0.1, -0.05) is 24.6 Å². The molecule has 27 heavy (non-hydrogen) atoms. The SMILES string of the molecule is Cn1nc(C(=O)NCCN2CCCCC2)cc1-c1cnc2ccccc2c1. The number of likely N-dealkylation sites (tertiary alicyclic amines) is 1. The lowest BCUT2D eigenvalue weighted by molar-refractivity contribution is 0.0941. The van der Waals surface area contributed by atoms with Crippen LogP contribution < -0.4 is 5.32 Å². The number of fused-ring (bicyclic) bond motifs is 1. The third-order valence-electron chi connectivity index (χ3n) is 5.16. The highest BCUT2D eigenvalue weighted by Gasteiger charge is 2.15. The van der Waals surface area contributed by atoms with Gasteiger partial charge >= 0.3 is 0 Å². The van der Waals surface area contributed by atoms with Crippen molar-refractivity contribution in [1.29, 1.82) is 0 Å². The first kappa shape index (κ1) is 17.7. The van der Waals surface area contributed by atoms with Crippen LogP contribution in [0.2, 0.25) is 0 Å². The van der Waals surface area contributed by atoms with Crippen LogP contribution in [0, 0.1) is 0 Å². The summed E-state index contributed by atoms with van der Waals surface area (Å²) in [6.07, 6.45) is 5.68. The second-order valence-electron chi connectivity index (χ2n) is 7.11. The second-order valence-corrected chi connectivity index (χ2v) is 7.11. The van der Waals surface area contributed by atoms with Gasteiger partial charge in [0, 0.05) is 37.3 Å². The van der Waals surface area contributed by atoms with E-state index in [1.807, 2.05) is 43.6 Å². The molecule has 140 valence electrons. The zero-order valence-electron chi connectivity index (χ0n) is 15.7. The Bertz CT molecular complexity index is 943. The van der Waals surface area contributed by atoms with Gasteiger partial charge in [0.15, 0.2) is 5.69 Å². The van der Waals surface area contributed by atoms with Gasteiger partial charge in [0.2, 0.25) is 0 Å². The summed E-state index contributed by atoms with van der Waals surface area (Å²) in [7, 11) is 1.86. The monoisotopic (exact) mass is 363 g/mol. The molecule has 1 aliphatic rings. The molecule has 1 fully saturated rings. The highest BCUT2D eigenvalue weighted by Crippen LogP contribution is 2.23. The molecule has 1 aliphatic heterocycles. The summed E-state index contributed by atoms with van der Waals surface area (Å²) in [5.41, 5.74) is 3.24. The van der Waals surface area contributed by atoms with Gasteiger partial charge in [-0.3, -0.25) is 14.5 Å². The molecular weight excluding hydrogens is 338 g/mol. The number of benzene rings is 1. The number of carbonyl (C=O) groups excluding carboxylic acids is 1. The van der Waals surface area contributed by atoms with E-state index in [1.54, 1.807) is 4.68 Å². The van der Waals surface area contributed by atoms with E-state index >= 15 is 0 Å². The van der Waals surface area contributed by atoms with Gasteiger partial charge < -0.3 is 10.2 Å². The van der Waals surface area contributed by atoms with Gasteiger partial charge in [-0.15, -0.1) is 0 Å². The van der Waals surface area contributed by atoms with Crippen molar-refractivity contribution in [3.63, 3.8) is 0 Å². The van der Waals surface area contributed by atoms with E-state index in [9.17, 15) is 4.79 Å². The Labute approximate surface area is 159 Å². The lowest BCUT2D eigenvalue weighted by Crippen LogP contribution is -2.37. The molecular formula is C21H25N5O. The largest absolute Gasteiger partial charge is 0.349 e. The van der Waals surface area contributed by atoms with Gasteiger partial charge in [0.1, 0.15) is 0 Å². The summed E-state index contributed by atoms with van der Waals surface area (Å²) in [5, 5.41) is 8.46. The van der Waals surface area contributed by atoms with Crippen LogP contribution in [0.1, 0.15) is 29.8 Å². The summed E-state index contributed by atoms with van der Waals surface area (Å²) in [4.78, 5) is 19.4. The molecule has 1 N–H and O–H groups in total. The van der Waals surface area contributed by atoms with E-state index in [1.165, 1.54) is 19.3 Å². The number of nitrogens with one attached hydrogen (secondary N) is 1. The molecule has 1 aromatic carbocycles. The molecule has 2 aromatic heterocycles. The summed E-state index contributed by atoms with van der Waals surface area (Å²) in [6, 6.07) is 11.9. The smallest absolute Gasteiger partial charge is 0.271 e. The average Bonchev–Trinajstić information content (AvgIpc) is 3.10. The molecule has 0 spiro atoms. The van der Waals surface area contributed by atoms with Crippen molar-refractivity contribution in [2.45, 2.75) is 19.3 Å². The molecule has 0 atom stereocenters. The molecule has 3 heterocycles. The molecule has 3 aromatic rings. The van der Waals surface area contributed by atoms with Crippen molar-refractivity contribution in [3.8, 4) is 11.3 Å². The lowest BCUT2D eigenvalue weighted by Gasteiger charge is -2.26. The van der Waals surface area contributed by atoms with E-state index in [-0.39, 0.29) is 5.91 Å². The minimum absolute atomic E-state index is 0.123. The Kier molecular flexibility index (Phi) is 5.16. The minimum Gasteiger partial charge on any atom is -0.349 e. The first-order valence-electron chi connectivity index (χ1n) is 9.60. The fraction of sp³-hybridized carbons (Fsp3) is 0.381. The number of para-hydroxylation sites is 1. The maximum absolute atomic E-state index is 12.5. The number of hydrogen-bond acceptors (Lipinski definition) is 4. The second kappa shape index (κ2) is 7.88. The maximum atomic E-state index is 12.5. The highest BCUT2D eigenvalue weighted by atomic mass is 16.1. The molecule has 6 heteroatoms. The number of rotatable bonds is 5. The fourth-order valence-electron chi connectivity index (χ4n) is 3.66. The zero-order chi connectivity index (χ0) is 18.6. The number of aromatic nitrogens is 3. The van der Waals surface area contributed by atoms with Gasteiger partial charge in [-0.2, -0.15) is 5.10 Å². The van der Waals surface area contributed by atoms with Gasteiger partial charge in [0.05, 0.1) is 11.2 Å². The van der Waals surface area contributed by atoms with Crippen molar-refractivity contribution in [3.05, 3.63) is 48.3 Å². The fourth-order valence-corrected chi connectivity index (χ4v) is 3.66. The normalized spacial score (nSPS) is 15.1. The van der Waals surface area contributed by atoms with Crippen molar-refractivity contribution < 1.29 is 4.79 Å². The van der Waals surface area contributed by atoms with Crippen LogP contribution in [0.15, 0.2) is 42.6 Å². The number of hydrogen-bond donors (Lipinski definition) is 1. The zero-order valence-corrected chi connectivity index (χ0v) is 15.7. The number of nitrogens with zero attached hydrogens (tertiary/aromatic N) is 4. The van der Waals surface area contributed by atoms with E-state index in [4.69, 9.17) is 0 Å². The highest BCUT2D eigenvalue weighted by molar-refractivity contribution is 5.93. The minimum atomic E-state index is -0.123. The van der Waals surface area contributed by atoms with E-state index in [2.05, 4.69) is 26.4 Å². The topological polar surface area (TPSA) is 63.1 Å². The van der Waals surface area contributed by atoms with Crippen LogP contribution in [0.5, 0.6) is 0 Å². The third kappa shape index (κ3) is 4.01. The Morgan fingerprint density at radius 2 is 1.96 bits per heavy atom. The number of aryl methyl sites for hydroxylation is 1. The van der Waals surface area contributed by atoms with Crippen LogP contribution in [0.4, 0.5) is 0 Å².